The van der Waals surface area contributed by atoms with Gasteiger partial charge in [0, 0.05) is 48.9 Å². The van der Waals surface area contributed by atoms with Crippen molar-refractivity contribution in [1.29, 1.82) is 0 Å². The summed E-state index contributed by atoms with van der Waals surface area (Å²) in [6.07, 6.45) is 3.66. The number of hydrogen-bond donors (Lipinski definition) is 0. The molecule has 0 aliphatic rings. The Bertz CT molecular complexity index is 973. The Hall–Kier alpha value is -2.67. The van der Waals surface area contributed by atoms with E-state index >= 15 is 0 Å². The highest BCUT2D eigenvalue weighted by atomic mass is 35.5. The van der Waals surface area contributed by atoms with Gasteiger partial charge in [-0.3, -0.25) is 9.78 Å². The second-order valence-electron chi connectivity index (χ2n) is 6.19. The molecule has 0 N–H and O–H groups in total. The lowest BCUT2D eigenvalue weighted by Crippen LogP contribution is -2.25. The van der Waals surface area contributed by atoms with Gasteiger partial charge < -0.3 is 14.2 Å². The van der Waals surface area contributed by atoms with Crippen LogP contribution in [-0.2, 0) is 17.8 Å². The highest BCUT2D eigenvalue weighted by molar-refractivity contribution is 6.31. The highest BCUT2D eigenvalue weighted by Gasteiger charge is 2.16. The average molecular weight is 394 g/mol. The monoisotopic (exact) mass is 393 g/mol. The van der Waals surface area contributed by atoms with E-state index in [9.17, 15) is 13.6 Å². The number of hydrogen-bond acceptors (Lipinski definition) is 3. The van der Waals surface area contributed by atoms with Crippen molar-refractivity contribution >= 4 is 28.4 Å². The van der Waals surface area contributed by atoms with Crippen LogP contribution in [0.4, 0.5) is 8.78 Å². The summed E-state index contributed by atoms with van der Waals surface area (Å²) in [5.74, 6) is -0.0110. The van der Waals surface area contributed by atoms with Crippen LogP contribution < -0.4 is 4.74 Å². The molecule has 0 spiro atoms. The number of ether oxygens (including phenoxy) is 1. The maximum Gasteiger partial charge on any atom is 0.387 e. The SMILES string of the molecule is CN(C)C(=O)Cn1ccc2c(Cc3c(Cl)cccc3OC(F)F)nccc21. The number of alkyl halides is 2. The van der Waals surface area contributed by atoms with Crippen LogP contribution >= 0.6 is 11.6 Å². The molecule has 0 radical (unpaired) electrons. The molecule has 142 valence electrons. The molecule has 3 aromatic rings. The predicted molar refractivity (Wildman–Crippen MR) is 99.3 cm³/mol. The molecular formula is C19H18ClF2N3O2. The van der Waals surface area contributed by atoms with Crippen LogP contribution in [0, 0.1) is 0 Å². The van der Waals surface area contributed by atoms with Crippen LogP contribution in [0.15, 0.2) is 42.7 Å². The van der Waals surface area contributed by atoms with Crippen molar-refractivity contribution in [3.05, 3.63) is 59.0 Å². The van der Waals surface area contributed by atoms with E-state index in [2.05, 4.69) is 9.72 Å². The third kappa shape index (κ3) is 4.19. The molecule has 0 aliphatic carbocycles. The number of carbonyl (C=O) groups is 1. The van der Waals surface area contributed by atoms with Crippen LogP contribution in [-0.4, -0.2) is 41.1 Å². The first-order chi connectivity index (χ1) is 12.9. The fourth-order valence-corrected chi connectivity index (χ4v) is 3.06. The summed E-state index contributed by atoms with van der Waals surface area (Å²) in [5, 5.41) is 1.15. The minimum Gasteiger partial charge on any atom is -0.434 e. The third-order valence-electron chi connectivity index (χ3n) is 4.22. The molecule has 5 nitrogen and oxygen atoms in total. The number of aromatic nitrogens is 2. The average Bonchev–Trinajstić information content (AvgIpc) is 3.01. The molecule has 0 bridgehead atoms. The molecule has 2 heterocycles. The molecule has 1 aromatic carbocycles. The molecule has 27 heavy (non-hydrogen) atoms. The van der Waals surface area contributed by atoms with Gasteiger partial charge in [0.1, 0.15) is 12.3 Å². The van der Waals surface area contributed by atoms with Gasteiger partial charge in [0.15, 0.2) is 0 Å². The van der Waals surface area contributed by atoms with E-state index in [4.69, 9.17) is 11.6 Å². The molecule has 0 saturated carbocycles. The number of halogens is 3. The minimum absolute atomic E-state index is 0.0264. The zero-order chi connectivity index (χ0) is 19.6. The van der Waals surface area contributed by atoms with Gasteiger partial charge in [-0.1, -0.05) is 17.7 Å². The van der Waals surface area contributed by atoms with Crippen molar-refractivity contribution in [1.82, 2.24) is 14.5 Å². The van der Waals surface area contributed by atoms with Gasteiger partial charge in [0.2, 0.25) is 5.91 Å². The second-order valence-corrected chi connectivity index (χ2v) is 6.60. The minimum atomic E-state index is -2.94. The van der Waals surface area contributed by atoms with Gasteiger partial charge in [-0.05, 0) is 24.3 Å². The lowest BCUT2D eigenvalue weighted by Gasteiger charge is -2.13. The molecule has 0 unspecified atom stereocenters. The highest BCUT2D eigenvalue weighted by Crippen LogP contribution is 2.31. The Kier molecular flexibility index (Phi) is 5.60. The second kappa shape index (κ2) is 7.92. The fourth-order valence-electron chi connectivity index (χ4n) is 2.83. The molecule has 0 aliphatic heterocycles. The van der Waals surface area contributed by atoms with Crippen molar-refractivity contribution in [2.24, 2.45) is 0 Å². The van der Waals surface area contributed by atoms with Gasteiger partial charge in [-0.15, -0.1) is 0 Å². The fraction of sp³-hybridized carbons (Fsp3) is 0.263. The molecule has 2 aromatic heterocycles. The van der Waals surface area contributed by atoms with E-state index in [1.807, 2.05) is 16.7 Å². The molecule has 1 amide bonds. The Morgan fingerprint density at radius 3 is 2.78 bits per heavy atom. The Labute approximate surface area is 160 Å². The Balaban J connectivity index is 1.98. The smallest absolute Gasteiger partial charge is 0.387 e. The molecule has 0 saturated heterocycles. The van der Waals surface area contributed by atoms with E-state index in [0.717, 1.165) is 10.9 Å². The van der Waals surface area contributed by atoms with Crippen LogP contribution in [0.5, 0.6) is 5.75 Å². The van der Waals surface area contributed by atoms with E-state index in [-0.39, 0.29) is 24.6 Å². The normalized spacial score (nSPS) is 11.2. The number of pyridine rings is 1. The zero-order valence-electron chi connectivity index (χ0n) is 14.8. The number of rotatable bonds is 6. The molecule has 0 atom stereocenters. The molecule has 3 rings (SSSR count). The van der Waals surface area contributed by atoms with Gasteiger partial charge in [0.25, 0.3) is 0 Å². The number of likely N-dealkylation sites (N-methyl/N-ethyl adjacent to an activating group) is 1. The third-order valence-corrected chi connectivity index (χ3v) is 4.57. The summed E-state index contributed by atoms with van der Waals surface area (Å²) in [5.41, 5.74) is 1.94. The van der Waals surface area contributed by atoms with E-state index in [0.29, 0.717) is 16.3 Å². The number of benzene rings is 1. The quantitative estimate of drug-likeness (QED) is 0.636. The van der Waals surface area contributed by atoms with Crippen LogP contribution in [0.25, 0.3) is 10.9 Å². The molecule has 8 heteroatoms. The number of carbonyl (C=O) groups excluding carboxylic acids is 1. The maximum atomic E-state index is 12.7. The molecule has 0 fully saturated rings. The van der Waals surface area contributed by atoms with Crippen molar-refractivity contribution < 1.29 is 18.3 Å². The van der Waals surface area contributed by atoms with E-state index < -0.39 is 6.61 Å². The van der Waals surface area contributed by atoms with E-state index in [1.54, 1.807) is 38.6 Å². The zero-order valence-corrected chi connectivity index (χ0v) is 15.6. The van der Waals surface area contributed by atoms with Gasteiger partial charge in [-0.25, -0.2) is 0 Å². The van der Waals surface area contributed by atoms with Crippen molar-refractivity contribution in [3.8, 4) is 5.75 Å². The van der Waals surface area contributed by atoms with E-state index in [1.165, 1.54) is 11.0 Å². The van der Waals surface area contributed by atoms with Gasteiger partial charge >= 0.3 is 6.61 Å². The van der Waals surface area contributed by atoms with Crippen LogP contribution in [0.2, 0.25) is 5.02 Å². The van der Waals surface area contributed by atoms with Gasteiger partial charge in [0.05, 0.1) is 11.2 Å². The first-order valence-corrected chi connectivity index (χ1v) is 8.59. The lowest BCUT2D eigenvalue weighted by molar-refractivity contribution is -0.129. The molecular weight excluding hydrogens is 376 g/mol. The summed E-state index contributed by atoms with van der Waals surface area (Å²) in [6.45, 7) is -2.74. The number of nitrogens with zero attached hydrogens (tertiary/aromatic N) is 3. The summed E-state index contributed by atoms with van der Waals surface area (Å²) in [4.78, 5) is 17.9. The van der Waals surface area contributed by atoms with Crippen LogP contribution in [0.1, 0.15) is 11.3 Å². The Morgan fingerprint density at radius 2 is 2.07 bits per heavy atom. The number of amides is 1. The Morgan fingerprint density at radius 1 is 1.30 bits per heavy atom. The standard InChI is InChI=1S/C19H18ClF2N3O2/c1-24(2)18(26)11-25-9-7-12-15(23-8-6-16(12)25)10-13-14(20)4-3-5-17(13)27-19(21)22/h3-9,19H,10-11H2,1-2H3. The number of fused-ring (bicyclic) bond motifs is 1. The van der Waals surface area contributed by atoms with Crippen molar-refractivity contribution in [2.75, 3.05) is 14.1 Å². The first-order valence-electron chi connectivity index (χ1n) is 8.22. The first kappa shape index (κ1) is 19.1. The van der Waals surface area contributed by atoms with Crippen molar-refractivity contribution in [2.45, 2.75) is 19.6 Å². The van der Waals surface area contributed by atoms with Crippen molar-refractivity contribution in [3.63, 3.8) is 0 Å². The van der Waals surface area contributed by atoms with Gasteiger partial charge in [-0.2, -0.15) is 8.78 Å². The van der Waals surface area contributed by atoms with Crippen LogP contribution in [0.3, 0.4) is 0 Å². The summed E-state index contributed by atoms with van der Waals surface area (Å²) in [7, 11) is 3.39. The summed E-state index contributed by atoms with van der Waals surface area (Å²) in [6, 6.07) is 8.29. The topological polar surface area (TPSA) is 47.4 Å². The summed E-state index contributed by atoms with van der Waals surface area (Å²) >= 11 is 6.21. The largest absolute Gasteiger partial charge is 0.434 e. The maximum absolute atomic E-state index is 12.7. The predicted octanol–water partition coefficient (Wildman–Crippen LogP) is 3.97. The summed E-state index contributed by atoms with van der Waals surface area (Å²) < 4.78 is 31.8. The lowest BCUT2D eigenvalue weighted by atomic mass is 10.1.